The number of benzene rings is 9. The second kappa shape index (κ2) is 15.4. The number of nitrogens with zero attached hydrogens (tertiary/aromatic N) is 4. The SMILES string of the molecule is c1ccc(-c2ccc(-c3nc(-c4ccccc4)nc(-c4cccc(-c5ccc6c(c5)C(c5ccccc5)(c5ccc7nc(-c8ccccc8)oc7c5)c5ccccc5-6)c4)n3)cc2)cc1. The first-order valence-corrected chi connectivity index (χ1v) is 21.5. The first-order chi connectivity index (χ1) is 31.7. The highest BCUT2D eigenvalue weighted by molar-refractivity contribution is 5.90. The standard InChI is InChI=1S/C59H38N4O/c1-5-16-39(17-6-1)40-28-30-42(31-29-40)56-61-55(41-18-7-2-8-19-41)62-57(63-56)46-23-15-22-44(36-46)45-32-34-50-49-26-13-14-27-51(49)59(52(50)37-45,47-24-11-4-12-25-47)48-33-35-53-54(38-48)64-58(60-53)43-20-9-3-10-21-43/h1-38H. The predicted octanol–water partition coefficient (Wildman–Crippen LogP) is 14.4. The molecule has 2 heterocycles. The maximum atomic E-state index is 6.53. The summed E-state index contributed by atoms with van der Waals surface area (Å²) in [6.45, 7) is 0. The Balaban J connectivity index is 0.997. The van der Waals surface area contributed by atoms with Crippen molar-refractivity contribution in [2.45, 2.75) is 5.41 Å². The van der Waals surface area contributed by atoms with Gasteiger partial charge in [0.25, 0.3) is 0 Å². The second-order valence-electron chi connectivity index (χ2n) is 16.2. The van der Waals surface area contributed by atoms with Gasteiger partial charge in [0.1, 0.15) is 5.52 Å². The summed E-state index contributed by atoms with van der Waals surface area (Å²) in [4.78, 5) is 20.1. The first kappa shape index (κ1) is 37.2. The molecule has 1 unspecified atom stereocenters. The molecule has 0 saturated heterocycles. The van der Waals surface area contributed by atoms with Crippen LogP contribution in [0.4, 0.5) is 0 Å². The quantitative estimate of drug-likeness (QED) is 0.153. The number of hydrogen-bond donors (Lipinski definition) is 0. The molecule has 0 aliphatic heterocycles. The van der Waals surface area contributed by atoms with Gasteiger partial charge >= 0.3 is 0 Å². The van der Waals surface area contributed by atoms with E-state index in [2.05, 4.69) is 164 Å². The van der Waals surface area contributed by atoms with E-state index in [-0.39, 0.29) is 0 Å². The lowest BCUT2D eigenvalue weighted by atomic mass is 9.67. The molecule has 0 fully saturated rings. The molecule has 1 aliphatic rings. The van der Waals surface area contributed by atoms with Crippen LogP contribution in [0.2, 0.25) is 0 Å². The third-order valence-corrected chi connectivity index (χ3v) is 12.5. The van der Waals surface area contributed by atoms with Gasteiger partial charge in [-0.25, -0.2) is 19.9 Å². The lowest BCUT2D eigenvalue weighted by Gasteiger charge is -2.34. The zero-order valence-corrected chi connectivity index (χ0v) is 34.6. The van der Waals surface area contributed by atoms with Crippen molar-refractivity contribution in [3.05, 3.63) is 253 Å². The molecular weight excluding hydrogens is 781 g/mol. The van der Waals surface area contributed by atoms with E-state index in [1.165, 1.54) is 27.8 Å². The van der Waals surface area contributed by atoms with Gasteiger partial charge < -0.3 is 4.42 Å². The Kier molecular flexibility index (Phi) is 8.97. The summed E-state index contributed by atoms with van der Waals surface area (Å²) in [5.41, 5.74) is 16.2. The molecule has 5 nitrogen and oxygen atoms in total. The molecule has 2 aromatic heterocycles. The number of rotatable bonds is 8. The molecule has 300 valence electrons. The molecule has 0 spiro atoms. The summed E-state index contributed by atoms with van der Waals surface area (Å²) in [6, 6.07) is 80.7. The van der Waals surface area contributed by atoms with Gasteiger partial charge in [0.05, 0.1) is 5.41 Å². The third-order valence-electron chi connectivity index (χ3n) is 12.5. The van der Waals surface area contributed by atoms with E-state index in [4.69, 9.17) is 24.4 Å². The van der Waals surface area contributed by atoms with Crippen LogP contribution in [0.3, 0.4) is 0 Å². The van der Waals surface area contributed by atoms with E-state index in [0.29, 0.717) is 23.4 Å². The van der Waals surface area contributed by atoms with Crippen LogP contribution in [-0.2, 0) is 5.41 Å². The van der Waals surface area contributed by atoms with Gasteiger partial charge in [0.15, 0.2) is 23.1 Å². The Morgan fingerprint density at radius 3 is 1.52 bits per heavy atom. The summed E-state index contributed by atoms with van der Waals surface area (Å²) in [5.74, 6) is 2.47. The van der Waals surface area contributed by atoms with E-state index >= 15 is 0 Å². The third kappa shape index (κ3) is 6.33. The van der Waals surface area contributed by atoms with Gasteiger partial charge in [0, 0.05) is 22.3 Å². The second-order valence-corrected chi connectivity index (χ2v) is 16.2. The summed E-state index contributed by atoms with van der Waals surface area (Å²) < 4.78 is 6.53. The summed E-state index contributed by atoms with van der Waals surface area (Å²) in [5, 5.41) is 0. The smallest absolute Gasteiger partial charge is 0.227 e. The fourth-order valence-electron chi connectivity index (χ4n) is 9.43. The minimum Gasteiger partial charge on any atom is -0.436 e. The highest BCUT2D eigenvalue weighted by atomic mass is 16.3. The maximum absolute atomic E-state index is 6.53. The van der Waals surface area contributed by atoms with E-state index < -0.39 is 5.41 Å². The number of fused-ring (bicyclic) bond motifs is 4. The van der Waals surface area contributed by atoms with Crippen LogP contribution in [-0.4, -0.2) is 19.9 Å². The van der Waals surface area contributed by atoms with Crippen LogP contribution >= 0.6 is 0 Å². The minimum absolute atomic E-state index is 0.609. The summed E-state index contributed by atoms with van der Waals surface area (Å²) >= 11 is 0. The molecule has 64 heavy (non-hydrogen) atoms. The van der Waals surface area contributed by atoms with Crippen molar-refractivity contribution >= 4 is 11.1 Å². The van der Waals surface area contributed by atoms with Gasteiger partial charge in [-0.1, -0.05) is 194 Å². The average molecular weight is 819 g/mol. The highest BCUT2D eigenvalue weighted by Crippen LogP contribution is 2.57. The van der Waals surface area contributed by atoms with Crippen molar-refractivity contribution in [3.8, 4) is 79.0 Å². The molecule has 11 aromatic rings. The average Bonchev–Trinajstić information content (AvgIpc) is 3.95. The van der Waals surface area contributed by atoms with E-state index in [9.17, 15) is 0 Å². The minimum atomic E-state index is -0.640. The Morgan fingerprint density at radius 1 is 0.297 bits per heavy atom. The molecular formula is C59H38N4O. The number of oxazole rings is 1. The molecule has 1 atom stereocenters. The topological polar surface area (TPSA) is 64.7 Å². The summed E-state index contributed by atoms with van der Waals surface area (Å²) in [6.07, 6.45) is 0. The van der Waals surface area contributed by atoms with Crippen LogP contribution < -0.4 is 0 Å². The van der Waals surface area contributed by atoms with E-state index in [1.54, 1.807) is 0 Å². The maximum Gasteiger partial charge on any atom is 0.227 e. The fraction of sp³-hybridized carbons (Fsp3) is 0.0169. The van der Waals surface area contributed by atoms with Crippen molar-refractivity contribution in [2.75, 3.05) is 0 Å². The van der Waals surface area contributed by atoms with Crippen molar-refractivity contribution in [1.29, 1.82) is 0 Å². The van der Waals surface area contributed by atoms with Gasteiger partial charge in [-0.2, -0.15) is 0 Å². The number of aromatic nitrogens is 4. The molecule has 0 radical (unpaired) electrons. The number of hydrogen-bond acceptors (Lipinski definition) is 5. The molecule has 1 aliphatic carbocycles. The van der Waals surface area contributed by atoms with Gasteiger partial charge in [-0.05, 0) is 92.0 Å². The van der Waals surface area contributed by atoms with Crippen LogP contribution in [0.1, 0.15) is 22.3 Å². The van der Waals surface area contributed by atoms with Crippen molar-refractivity contribution < 1.29 is 4.42 Å². The van der Waals surface area contributed by atoms with E-state index in [1.807, 2.05) is 66.7 Å². The zero-order valence-electron chi connectivity index (χ0n) is 34.6. The van der Waals surface area contributed by atoms with Gasteiger partial charge in [-0.3, -0.25) is 0 Å². The Hall–Kier alpha value is -8.54. The van der Waals surface area contributed by atoms with Crippen molar-refractivity contribution in [3.63, 3.8) is 0 Å². The molecule has 9 aromatic carbocycles. The molecule has 0 bridgehead atoms. The lowest BCUT2D eigenvalue weighted by Crippen LogP contribution is -2.28. The predicted molar refractivity (Wildman–Crippen MR) is 257 cm³/mol. The molecule has 5 heteroatoms. The van der Waals surface area contributed by atoms with Crippen LogP contribution in [0.25, 0.3) is 90.1 Å². The van der Waals surface area contributed by atoms with Crippen LogP contribution in [0.15, 0.2) is 235 Å². The highest BCUT2D eigenvalue weighted by Gasteiger charge is 2.46. The molecule has 12 rings (SSSR count). The van der Waals surface area contributed by atoms with Crippen molar-refractivity contribution in [1.82, 2.24) is 19.9 Å². The molecule has 0 N–H and O–H groups in total. The normalized spacial score (nSPS) is 14.0. The lowest BCUT2D eigenvalue weighted by molar-refractivity contribution is 0.618. The fourth-order valence-corrected chi connectivity index (χ4v) is 9.43. The van der Waals surface area contributed by atoms with E-state index in [0.717, 1.165) is 61.2 Å². The molecule has 0 amide bonds. The Bertz CT molecular complexity index is 3480. The monoisotopic (exact) mass is 818 g/mol. The first-order valence-electron chi connectivity index (χ1n) is 21.5. The summed E-state index contributed by atoms with van der Waals surface area (Å²) in [7, 11) is 0. The van der Waals surface area contributed by atoms with Crippen LogP contribution in [0, 0.1) is 0 Å². The van der Waals surface area contributed by atoms with Gasteiger partial charge in [0.2, 0.25) is 5.89 Å². The zero-order chi connectivity index (χ0) is 42.5. The van der Waals surface area contributed by atoms with Gasteiger partial charge in [-0.15, -0.1) is 0 Å². The van der Waals surface area contributed by atoms with Crippen LogP contribution in [0.5, 0.6) is 0 Å². The largest absolute Gasteiger partial charge is 0.436 e. The molecule has 0 saturated carbocycles. The Labute approximate surface area is 371 Å². The van der Waals surface area contributed by atoms with Crippen molar-refractivity contribution in [2.24, 2.45) is 0 Å². The Morgan fingerprint density at radius 2 is 0.797 bits per heavy atom.